The monoisotopic (exact) mass is 294 g/mol. The Morgan fingerprint density at radius 2 is 2.05 bits per heavy atom. The molecule has 1 aliphatic rings. The molecular formula is C16H26N2O3. The van der Waals surface area contributed by atoms with Gasteiger partial charge in [-0.1, -0.05) is 12.8 Å². The number of likely N-dealkylation sites (tertiary alicyclic amines) is 1. The average molecular weight is 294 g/mol. The van der Waals surface area contributed by atoms with E-state index in [0.29, 0.717) is 13.2 Å². The van der Waals surface area contributed by atoms with Crippen LogP contribution in [-0.4, -0.2) is 44.2 Å². The lowest BCUT2D eigenvalue weighted by molar-refractivity contribution is -0.130. The van der Waals surface area contributed by atoms with E-state index < -0.39 is 0 Å². The first-order valence-electron chi connectivity index (χ1n) is 7.77. The van der Waals surface area contributed by atoms with E-state index in [-0.39, 0.29) is 11.9 Å². The number of nitrogens with one attached hydrogen (secondary N) is 1. The Labute approximate surface area is 126 Å². The summed E-state index contributed by atoms with van der Waals surface area (Å²) in [7, 11) is 1.65. The Balaban J connectivity index is 1.87. The van der Waals surface area contributed by atoms with Crippen LogP contribution in [0.4, 0.5) is 0 Å². The van der Waals surface area contributed by atoms with Gasteiger partial charge in [-0.2, -0.15) is 0 Å². The van der Waals surface area contributed by atoms with Gasteiger partial charge in [-0.25, -0.2) is 0 Å². The number of methoxy groups -OCH3 is 1. The first-order chi connectivity index (χ1) is 10.2. The number of hydrogen-bond donors (Lipinski definition) is 1. The minimum atomic E-state index is -0.0837. The maximum absolute atomic E-state index is 12.3. The van der Waals surface area contributed by atoms with Crippen molar-refractivity contribution in [1.82, 2.24) is 10.2 Å². The SMILES string of the molecule is COC[C@@H](NCC(=O)N1CCCCCC1)c1ccc(C)o1. The number of carbonyl (C=O) groups excluding carboxylic acids is 1. The van der Waals surface area contributed by atoms with Crippen molar-refractivity contribution in [3.8, 4) is 0 Å². The van der Waals surface area contributed by atoms with Gasteiger partial charge in [0.25, 0.3) is 0 Å². The summed E-state index contributed by atoms with van der Waals surface area (Å²) in [6.07, 6.45) is 4.69. The van der Waals surface area contributed by atoms with Crippen LogP contribution in [0.2, 0.25) is 0 Å². The Bertz CT molecular complexity index is 436. The fourth-order valence-electron chi connectivity index (χ4n) is 2.69. The van der Waals surface area contributed by atoms with E-state index in [0.717, 1.165) is 37.5 Å². The fourth-order valence-corrected chi connectivity index (χ4v) is 2.69. The molecule has 5 nitrogen and oxygen atoms in total. The quantitative estimate of drug-likeness (QED) is 0.874. The van der Waals surface area contributed by atoms with Crippen molar-refractivity contribution in [1.29, 1.82) is 0 Å². The smallest absolute Gasteiger partial charge is 0.236 e. The molecule has 0 unspecified atom stereocenters. The predicted molar refractivity (Wildman–Crippen MR) is 81.1 cm³/mol. The van der Waals surface area contributed by atoms with E-state index in [1.807, 2.05) is 24.0 Å². The topological polar surface area (TPSA) is 54.7 Å². The molecule has 1 atom stereocenters. The third-order valence-electron chi connectivity index (χ3n) is 3.90. The Hall–Kier alpha value is -1.33. The van der Waals surface area contributed by atoms with Crippen LogP contribution in [0.15, 0.2) is 16.5 Å². The molecule has 0 radical (unpaired) electrons. The molecule has 5 heteroatoms. The fraction of sp³-hybridized carbons (Fsp3) is 0.688. The van der Waals surface area contributed by atoms with Gasteiger partial charge < -0.3 is 14.1 Å². The van der Waals surface area contributed by atoms with Gasteiger partial charge >= 0.3 is 0 Å². The van der Waals surface area contributed by atoms with E-state index in [1.165, 1.54) is 12.8 Å². The van der Waals surface area contributed by atoms with Crippen molar-refractivity contribution in [2.24, 2.45) is 0 Å². The zero-order valence-electron chi connectivity index (χ0n) is 13.1. The second kappa shape index (κ2) is 8.20. The second-order valence-corrected chi connectivity index (χ2v) is 5.63. The third-order valence-corrected chi connectivity index (χ3v) is 3.90. The summed E-state index contributed by atoms with van der Waals surface area (Å²) in [5.74, 6) is 1.85. The van der Waals surface area contributed by atoms with Crippen molar-refractivity contribution in [3.05, 3.63) is 23.7 Å². The number of nitrogens with zero attached hydrogens (tertiary/aromatic N) is 1. The van der Waals surface area contributed by atoms with Crippen molar-refractivity contribution in [2.75, 3.05) is 33.4 Å². The van der Waals surface area contributed by atoms with Crippen molar-refractivity contribution >= 4 is 5.91 Å². The molecule has 0 spiro atoms. The molecule has 1 aromatic heterocycles. The summed E-state index contributed by atoms with van der Waals surface area (Å²) in [6.45, 7) is 4.49. The number of rotatable bonds is 6. The van der Waals surface area contributed by atoms with E-state index >= 15 is 0 Å². The number of amides is 1. The maximum Gasteiger partial charge on any atom is 0.236 e. The van der Waals surface area contributed by atoms with Crippen LogP contribution in [0.3, 0.4) is 0 Å². The maximum atomic E-state index is 12.3. The average Bonchev–Trinajstić information content (AvgIpc) is 2.75. The number of carbonyl (C=O) groups is 1. The lowest BCUT2D eigenvalue weighted by Crippen LogP contribution is -2.40. The predicted octanol–water partition coefficient (Wildman–Crippen LogP) is 2.27. The lowest BCUT2D eigenvalue weighted by atomic mass is 10.2. The molecule has 118 valence electrons. The summed E-state index contributed by atoms with van der Waals surface area (Å²) >= 11 is 0. The third kappa shape index (κ3) is 4.86. The van der Waals surface area contributed by atoms with Crippen molar-refractivity contribution < 1.29 is 13.9 Å². The van der Waals surface area contributed by atoms with E-state index in [4.69, 9.17) is 9.15 Å². The van der Waals surface area contributed by atoms with Crippen LogP contribution in [0.25, 0.3) is 0 Å². The first kappa shape index (κ1) is 16.0. The van der Waals surface area contributed by atoms with Crippen LogP contribution >= 0.6 is 0 Å². The summed E-state index contributed by atoms with van der Waals surface area (Å²) in [5.41, 5.74) is 0. The van der Waals surface area contributed by atoms with Crippen molar-refractivity contribution in [2.45, 2.75) is 38.6 Å². The summed E-state index contributed by atoms with van der Waals surface area (Å²) in [5, 5.41) is 3.26. The molecule has 1 amide bonds. The van der Waals surface area contributed by atoms with Crippen LogP contribution in [0, 0.1) is 6.92 Å². The Morgan fingerprint density at radius 1 is 1.33 bits per heavy atom. The molecule has 1 aromatic rings. The molecule has 0 aliphatic carbocycles. The van der Waals surface area contributed by atoms with E-state index in [1.54, 1.807) is 7.11 Å². The van der Waals surface area contributed by atoms with Gasteiger partial charge in [0.2, 0.25) is 5.91 Å². The molecule has 0 saturated carbocycles. The Kier molecular flexibility index (Phi) is 6.26. The molecule has 1 saturated heterocycles. The highest BCUT2D eigenvalue weighted by Gasteiger charge is 2.19. The normalized spacial score (nSPS) is 17.5. The van der Waals surface area contributed by atoms with Gasteiger partial charge in [0.15, 0.2) is 0 Å². The highest BCUT2D eigenvalue weighted by atomic mass is 16.5. The van der Waals surface area contributed by atoms with Gasteiger partial charge in [0.05, 0.1) is 19.2 Å². The zero-order valence-corrected chi connectivity index (χ0v) is 13.1. The Morgan fingerprint density at radius 3 is 2.62 bits per heavy atom. The van der Waals surface area contributed by atoms with Gasteiger partial charge in [0.1, 0.15) is 11.5 Å². The van der Waals surface area contributed by atoms with E-state index in [2.05, 4.69) is 5.32 Å². The summed E-state index contributed by atoms with van der Waals surface area (Å²) < 4.78 is 10.8. The molecule has 1 fully saturated rings. The molecular weight excluding hydrogens is 268 g/mol. The minimum Gasteiger partial charge on any atom is -0.465 e. The standard InChI is InChI=1S/C16H26N2O3/c1-13-7-8-15(21-13)14(12-20-2)17-11-16(19)18-9-5-3-4-6-10-18/h7-8,14,17H,3-6,9-12H2,1-2H3/t14-/m1/s1. The number of aryl methyl sites for hydroxylation is 1. The molecule has 1 aliphatic heterocycles. The number of ether oxygens (including phenoxy) is 1. The van der Waals surface area contributed by atoms with Gasteiger partial charge in [-0.3, -0.25) is 10.1 Å². The van der Waals surface area contributed by atoms with Crippen LogP contribution in [-0.2, 0) is 9.53 Å². The largest absolute Gasteiger partial charge is 0.465 e. The summed E-state index contributed by atoms with van der Waals surface area (Å²) in [6, 6.07) is 3.78. The lowest BCUT2D eigenvalue weighted by Gasteiger charge is -2.22. The van der Waals surface area contributed by atoms with Crippen LogP contribution in [0.5, 0.6) is 0 Å². The van der Waals surface area contributed by atoms with Gasteiger partial charge in [-0.15, -0.1) is 0 Å². The van der Waals surface area contributed by atoms with Gasteiger partial charge in [-0.05, 0) is 31.9 Å². The minimum absolute atomic E-state index is 0.0837. The number of hydrogen-bond acceptors (Lipinski definition) is 4. The molecule has 21 heavy (non-hydrogen) atoms. The zero-order chi connectivity index (χ0) is 15.1. The van der Waals surface area contributed by atoms with Crippen molar-refractivity contribution in [3.63, 3.8) is 0 Å². The number of furan rings is 1. The molecule has 2 heterocycles. The van der Waals surface area contributed by atoms with E-state index in [9.17, 15) is 4.79 Å². The molecule has 1 N–H and O–H groups in total. The molecule has 0 bridgehead atoms. The molecule has 2 rings (SSSR count). The van der Waals surface area contributed by atoms with Gasteiger partial charge in [0, 0.05) is 20.2 Å². The second-order valence-electron chi connectivity index (χ2n) is 5.63. The highest BCUT2D eigenvalue weighted by molar-refractivity contribution is 5.78. The molecule has 0 aromatic carbocycles. The van der Waals surface area contributed by atoms with Crippen LogP contribution in [0.1, 0.15) is 43.2 Å². The first-order valence-corrected chi connectivity index (χ1v) is 7.77. The van der Waals surface area contributed by atoms with Crippen LogP contribution < -0.4 is 5.32 Å². The summed E-state index contributed by atoms with van der Waals surface area (Å²) in [4.78, 5) is 14.3. The highest BCUT2D eigenvalue weighted by Crippen LogP contribution is 2.17.